The maximum Gasteiger partial charge on any atom is 0.101 e. The van der Waals surface area contributed by atoms with Gasteiger partial charge >= 0.3 is 0 Å². The summed E-state index contributed by atoms with van der Waals surface area (Å²) in [6.45, 7) is 9.47. The van der Waals surface area contributed by atoms with Crippen molar-refractivity contribution in [2.45, 2.75) is 38.5 Å². The topological polar surface area (TPSA) is 20.5 Å². The zero-order valence-electron chi connectivity index (χ0n) is 35.4. The highest BCUT2D eigenvalue weighted by atomic mass is 15.2. The average molecular weight is 796 g/mol. The molecule has 8 aromatic carbocycles. The van der Waals surface area contributed by atoms with E-state index in [1.54, 1.807) is 0 Å². The molecule has 0 spiro atoms. The lowest BCUT2D eigenvalue weighted by atomic mass is 9.82. The Labute approximate surface area is 363 Å². The summed E-state index contributed by atoms with van der Waals surface area (Å²) in [5.41, 5.74) is 21.4. The van der Waals surface area contributed by atoms with E-state index in [2.05, 4.69) is 237 Å². The third kappa shape index (κ3) is 5.34. The van der Waals surface area contributed by atoms with Crippen LogP contribution in [0.3, 0.4) is 0 Å². The van der Waals surface area contributed by atoms with Gasteiger partial charge in [-0.25, -0.2) is 4.52 Å². The molecule has 10 aromatic rings. The summed E-state index contributed by atoms with van der Waals surface area (Å²) in [7, 11) is 0. The van der Waals surface area contributed by atoms with Crippen molar-refractivity contribution in [3.8, 4) is 55.9 Å². The number of fused-ring (bicyclic) bond motifs is 9. The molecular weight excluding hydrogens is 751 g/mol. The molecule has 0 amide bonds. The highest BCUT2D eigenvalue weighted by molar-refractivity contribution is 6.10. The van der Waals surface area contributed by atoms with E-state index in [0.29, 0.717) is 0 Å². The van der Waals surface area contributed by atoms with Crippen LogP contribution in [0.15, 0.2) is 200 Å². The molecule has 0 radical (unpaired) electrons. The molecule has 296 valence electrons. The van der Waals surface area contributed by atoms with E-state index in [0.717, 1.165) is 67.0 Å². The van der Waals surface area contributed by atoms with Gasteiger partial charge in [-0.1, -0.05) is 185 Å². The van der Waals surface area contributed by atoms with Crippen LogP contribution in [0, 0.1) is 0 Å². The van der Waals surface area contributed by atoms with Crippen molar-refractivity contribution in [3.63, 3.8) is 0 Å². The van der Waals surface area contributed by atoms with Gasteiger partial charge in [0.05, 0.1) is 11.2 Å². The number of hydrogen-bond acceptors (Lipinski definition) is 2. The predicted octanol–water partition coefficient (Wildman–Crippen LogP) is 15.6. The van der Waals surface area contributed by atoms with Gasteiger partial charge in [0.25, 0.3) is 0 Å². The van der Waals surface area contributed by atoms with Gasteiger partial charge in [0.1, 0.15) is 5.69 Å². The van der Waals surface area contributed by atoms with Gasteiger partial charge in [0.2, 0.25) is 0 Å². The molecule has 3 nitrogen and oxygen atoms in total. The summed E-state index contributed by atoms with van der Waals surface area (Å²) >= 11 is 0. The van der Waals surface area contributed by atoms with Crippen LogP contribution in [0.1, 0.15) is 49.9 Å². The van der Waals surface area contributed by atoms with Crippen LogP contribution in [0.25, 0.3) is 72.2 Å². The van der Waals surface area contributed by atoms with Crippen molar-refractivity contribution in [1.29, 1.82) is 0 Å². The van der Waals surface area contributed by atoms with Crippen LogP contribution >= 0.6 is 0 Å². The zero-order valence-corrected chi connectivity index (χ0v) is 35.4. The number of benzene rings is 8. The first-order valence-electron chi connectivity index (χ1n) is 21.7. The number of rotatable bonds is 6. The second-order valence-corrected chi connectivity index (χ2v) is 18.0. The predicted molar refractivity (Wildman–Crippen MR) is 259 cm³/mol. The van der Waals surface area contributed by atoms with Crippen molar-refractivity contribution in [2.24, 2.45) is 0 Å². The summed E-state index contributed by atoms with van der Waals surface area (Å²) < 4.78 is 2.20. The molecule has 2 aliphatic carbocycles. The van der Waals surface area contributed by atoms with Gasteiger partial charge in [-0.3, -0.25) is 0 Å². The average Bonchev–Trinajstić information content (AvgIpc) is 3.91. The summed E-state index contributed by atoms with van der Waals surface area (Å²) in [6, 6.07) is 73.5. The standard InChI is InChI=1S/C59H45N3/c1-58(2)50-26-16-14-24-45(50)47-32-30-43(36-52(47)58)61(44-31-33-48-46-25-15-17-27-51(46)59(3,4)53(48)37-44)42-29-28-41-34-54(38-18-8-5-9-19-38)62-57(49(41)35-42)55(39-20-10-6-11-21-39)56(60-62)40-22-12-7-13-23-40/h5-37H,1-4H3. The highest BCUT2D eigenvalue weighted by Crippen LogP contribution is 2.53. The summed E-state index contributed by atoms with van der Waals surface area (Å²) in [5, 5.41) is 7.83. The van der Waals surface area contributed by atoms with Gasteiger partial charge in [0.15, 0.2) is 0 Å². The minimum absolute atomic E-state index is 0.144. The van der Waals surface area contributed by atoms with Crippen LogP contribution in [0.4, 0.5) is 17.1 Å². The second kappa shape index (κ2) is 13.5. The first-order chi connectivity index (χ1) is 30.3. The lowest BCUT2D eigenvalue weighted by Crippen LogP contribution is -2.18. The van der Waals surface area contributed by atoms with Gasteiger partial charge in [0, 0.05) is 50.0 Å². The Morgan fingerprint density at radius 2 is 0.855 bits per heavy atom. The fourth-order valence-electron chi connectivity index (χ4n) is 10.7. The number of hydrogen-bond donors (Lipinski definition) is 0. The summed E-state index contributed by atoms with van der Waals surface area (Å²) in [4.78, 5) is 2.48. The van der Waals surface area contributed by atoms with Crippen molar-refractivity contribution < 1.29 is 0 Å². The van der Waals surface area contributed by atoms with E-state index in [4.69, 9.17) is 5.10 Å². The molecule has 12 rings (SSSR count). The zero-order chi connectivity index (χ0) is 41.7. The summed E-state index contributed by atoms with van der Waals surface area (Å²) in [6.07, 6.45) is 0. The molecule has 0 aliphatic heterocycles. The minimum atomic E-state index is -0.144. The Kier molecular flexibility index (Phi) is 7.92. The van der Waals surface area contributed by atoms with Crippen molar-refractivity contribution in [2.75, 3.05) is 4.90 Å². The molecule has 0 atom stereocenters. The molecule has 0 unspecified atom stereocenters. The third-order valence-corrected chi connectivity index (χ3v) is 13.8. The Morgan fingerprint density at radius 3 is 1.42 bits per heavy atom. The maximum atomic E-state index is 5.53. The Hall–Kier alpha value is -7.49. The smallest absolute Gasteiger partial charge is 0.101 e. The highest BCUT2D eigenvalue weighted by Gasteiger charge is 2.38. The SMILES string of the molecule is CC1(C)c2ccccc2-c2ccc(N(c3ccc4c(c3)C(C)(C)c3ccccc3-4)c3ccc4cc(-c5ccccc5)n5nc(-c6ccccc6)c(-c6ccccc6)c5c4c3)cc21. The molecule has 3 heteroatoms. The molecule has 2 aromatic heterocycles. The molecule has 2 heterocycles. The number of aromatic nitrogens is 2. The van der Waals surface area contributed by atoms with Crippen LogP contribution in [-0.2, 0) is 10.8 Å². The molecule has 0 fully saturated rings. The normalized spacial score (nSPS) is 14.1. The first kappa shape index (κ1) is 36.4. The quantitative estimate of drug-likeness (QED) is 0.167. The van der Waals surface area contributed by atoms with Crippen LogP contribution in [-0.4, -0.2) is 9.61 Å². The van der Waals surface area contributed by atoms with Crippen molar-refractivity contribution in [3.05, 3.63) is 222 Å². The van der Waals surface area contributed by atoms with Gasteiger partial charge in [-0.05, 0) is 97.9 Å². The first-order valence-corrected chi connectivity index (χ1v) is 21.7. The molecule has 2 aliphatic rings. The molecule has 0 N–H and O–H groups in total. The third-order valence-electron chi connectivity index (χ3n) is 13.8. The van der Waals surface area contributed by atoms with E-state index >= 15 is 0 Å². The van der Waals surface area contributed by atoms with Crippen LogP contribution < -0.4 is 4.90 Å². The van der Waals surface area contributed by atoms with Crippen molar-refractivity contribution >= 4 is 33.4 Å². The van der Waals surface area contributed by atoms with Crippen molar-refractivity contribution in [1.82, 2.24) is 9.61 Å². The largest absolute Gasteiger partial charge is 0.310 e. The van der Waals surface area contributed by atoms with Gasteiger partial charge in [-0.15, -0.1) is 0 Å². The lowest BCUT2D eigenvalue weighted by molar-refractivity contribution is 0.660. The van der Waals surface area contributed by atoms with E-state index in [1.165, 1.54) is 44.5 Å². The molecule has 0 saturated heterocycles. The van der Waals surface area contributed by atoms with Crippen LogP contribution in [0.5, 0.6) is 0 Å². The Balaban J connectivity index is 1.15. The molecule has 0 bridgehead atoms. The Morgan fingerprint density at radius 1 is 0.403 bits per heavy atom. The lowest BCUT2D eigenvalue weighted by Gasteiger charge is -2.30. The monoisotopic (exact) mass is 795 g/mol. The Bertz CT molecular complexity index is 3290. The maximum absolute atomic E-state index is 5.53. The number of pyridine rings is 1. The van der Waals surface area contributed by atoms with Crippen LogP contribution in [0.2, 0.25) is 0 Å². The van der Waals surface area contributed by atoms with E-state index in [-0.39, 0.29) is 10.8 Å². The molecule has 62 heavy (non-hydrogen) atoms. The van der Waals surface area contributed by atoms with E-state index in [9.17, 15) is 0 Å². The fraction of sp³-hybridized carbons (Fsp3) is 0.102. The molecule has 0 saturated carbocycles. The fourth-order valence-corrected chi connectivity index (χ4v) is 10.7. The van der Waals surface area contributed by atoms with E-state index < -0.39 is 0 Å². The minimum Gasteiger partial charge on any atom is -0.310 e. The van der Waals surface area contributed by atoms with Gasteiger partial charge < -0.3 is 4.90 Å². The number of nitrogens with zero attached hydrogens (tertiary/aromatic N) is 3. The van der Waals surface area contributed by atoms with Gasteiger partial charge in [-0.2, -0.15) is 5.10 Å². The second-order valence-electron chi connectivity index (χ2n) is 18.0. The van der Waals surface area contributed by atoms with E-state index in [1.807, 2.05) is 0 Å². The summed E-state index contributed by atoms with van der Waals surface area (Å²) in [5.74, 6) is 0. The number of anilines is 3. The molecular formula is C59H45N3.